The zero-order valence-electron chi connectivity index (χ0n) is 15.1. The Morgan fingerprint density at radius 2 is 1.67 bits per heavy atom. The molecule has 2 aromatic carbocycles. The van der Waals surface area contributed by atoms with Gasteiger partial charge in [0.25, 0.3) is 0 Å². The first-order chi connectivity index (χ1) is 12.9. The number of rotatable bonds is 7. The van der Waals surface area contributed by atoms with Gasteiger partial charge in [0.1, 0.15) is 5.75 Å². The van der Waals surface area contributed by atoms with E-state index >= 15 is 0 Å². The number of nitrogens with zero attached hydrogens (tertiary/aromatic N) is 2. The Morgan fingerprint density at radius 3 is 2.33 bits per heavy atom. The van der Waals surface area contributed by atoms with Crippen LogP contribution in [-0.4, -0.2) is 35.6 Å². The lowest BCUT2D eigenvalue weighted by Gasteiger charge is -2.08. The van der Waals surface area contributed by atoms with Gasteiger partial charge >= 0.3 is 5.69 Å². The van der Waals surface area contributed by atoms with Gasteiger partial charge in [-0.25, -0.2) is 13.2 Å². The highest BCUT2D eigenvalue weighted by Crippen LogP contribution is 2.20. The van der Waals surface area contributed by atoms with E-state index in [0.29, 0.717) is 23.3 Å². The summed E-state index contributed by atoms with van der Waals surface area (Å²) >= 11 is 0. The molecule has 3 aromatic rings. The van der Waals surface area contributed by atoms with Crippen LogP contribution in [0.5, 0.6) is 5.75 Å². The Kier molecular flexibility index (Phi) is 5.18. The van der Waals surface area contributed by atoms with Gasteiger partial charge in [0.15, 0.2) is 5.78 Å². The van der Waals surface area contributed by atoms with E-state index in [2.05, 4.69) is 0 Å². The minimum Gasteiger partial charge on any atom is -0.496 e. The highest BCUT2D eigenvalue weighted by Gasteiger charge is 2.24. The maximum Gasteiger partial charge on any atom is 0.343 e. The van der Waals surface area contributed by atoms with E-state index in [0.717, 1.165) is 3.97 Å². The summed E-state index contributed by atoms with van der Waals surface area (Å²) in [4.78, 5) is 25.7. The molecule has 0 aliphatic heterocycles. The first kappa shape index (κ1) is 18.9. The van der Waals surface area contributed by atoms with Crippen molar-refractivity contribution in [3.05, 3.63) is 64.6 Å². The number of aromatic nitrogens is 2. The Balaban J connectivity index is 2.15. The molecule has 0 saturated carbocycles. The first-order valence-electron chi connectivity index (χ1n) is 8.50. The second kappa shape index (κ2) is 7.40. The molecule has 0 unspecified atom stereocenters. The molecular weight excluding hydrogens is 368 g/mol. The number of hydrogen-bond donors (Lipinski definition) is 0. The smallest absolute Gasteiger partial charge is 0.343 e. The minimum absolute atomic E-state index is 0.151. The third-order valence-corrected chi connectivity index (χ3v) is 6.08. The summed E-state index contributed by atoms with van der Waals surface area (Å²) < 4.78 is 32.4. The normalized spacial score (nSPS) is 11.6. The standard InChI is InChI=1S/C19H20N2O5S/c1-3-12-27(24,25)21-16-10-6-5-9-15(16)20(19(21)23)13-17(22)14-8-4-7-11-18(14)26-2/h4-11H,3,12-13H2,1-2H3. The fourth-order valence-corrected chi connectivity index (χ4v) is 4.54. The minimum atomic E-state index is -3.81. The van der Waals surface area contributed by atoms with Crippen LogP contribution in [0.2, 0.25) is 0 Å². The van der Waals surface area contributed by atoms with Crippen molar-refractivity contribution in [2.45, 2.75) is 19.9 Å². The number of methoxy groups -OCH3 is 1. The number of carbonyl (C=O) groups is 1. The number of Topliss-reactive ketones (excluding diaryl/α,β-unsaturated/α-hetero) is 1. The number of benzene rings is 2. The summed E-state index contributed by atoms with van der Waals surface area (Å²) in [6, 6.07) is 13.3. The van der Waals surface area contributed by atoms with E-state index in [1.54, 1.807) is 55.5 Å². The maximum absolute atomic E-state index is 12.9. The zero-order valence-corrected chi connectivity index (χ0v) is 15.9. The predicted octanol–water partition coefficient (Wildman–Crippen LogP) is 2.28. The first-order valence-corrected chi connectivity index (χ1v) is 10.1. The molecule has 1 aromatic heterocycles. The Labute approximate surface area is 156 Å². The molecule has 0 bridgehead atoms. The molecule has 0 N–H and O–H groups in total. The van der Waals surface area contributed by atoms with Crippen LogP contribution >= 0.6 is 0 Å². The average Bonchev–Trinajstić information content (AvgIpc) is 2.94. The fraction of sp³-hybridized carbons (Fsp3) is 0.263. The van der Waals surface area contributed by atoms with Crippen LogP contribution in [0.3, 0.4) is 0 Å². The van der Waals surface area contributed by atoms with Gasteiger partial charge < -0.3 is 4.74 Å². The van der Waals surface area contributed by atoms with Crippen LogP contribution in [0, 0.1) is 0 Å². The van der Waals surface area contributed by atoms with Gasteiger partial charge in [-0.05, 0) is 30.7 Å². The van der Waals surface area contributed by atoms with Crippen molar-refractivity contribution in [1.29, 1.82) is 0 Å². The molecule has 0 aliphatic rings. The van der Waals surface area contributed by atoms with Gasteiger partial charge in [-0.1, -0.05) is 31.2 Å². The fourth-order valence-electron chi connectivity index (χ4n) is 3.05. The molecule has 7 nitrogen and oxygen atoms in total. The second-order valence-corrected chi connectivity index (χ2v) is 8.00. The third kappa shape index (κ3) is 3.40. The quantitative estimate of drug-likeness (QED) is 0.580. The van der Waals surface area contributed by atoms with Crippen molar-refractivity contribution in [3.8, 4) is 5.75 Å². The maximum atomic E-state index is 12.9. The SMILES string of the molecule is CCCS(=O)(=O)n1c(=O)n(CC(=O)c2ccccc2OC)c2ccccc21. The van der Waals surface area contributed by atoms with Gasteiger partial charge in [0, 0.05) is 0 Å². The van der Waals surface area contributed by atoms with Gasteiger partial charge in [0.2, 0.25) is 10.0 Å². The molecule has 8 heteroatoms. The largest absolute Gasteiger partial charge is 0.496 e. The van der Waals surface area contributed by atoms with E-state index in [4.69, 9.17) is 4.74 Å². The summed E-state index contributed by atoms with van der Waals surface area (Å²) in [5, 5.41) is 0. The van der Waals surface area contributed by atoms with Crippen LogP contribution < -0.4 is 10.4 Å². The number of fused-ring (bicyclic) bond motifs is 1. The topological polar surface area (TPSA) is 87.4 Å². The van der Waals surface area contributed by atoms with Crippen LogP contribution in [0.25, 0.3) is 11.0 Å². The highest BCUT2D eigenvalue weighted by molar-refractivity contribution is 7.90. The Bertz CT molecular complexity index is 1160. The van der Waals surface area contributed by atoms with Crippen molar-refractivity contribution in [2.24, 2.45) is 0 Å². The van der Waals surface area contributed by atoms with Crippen LogP contribution in [-0.2, 0) is 16.6 Å². The van der Waals surface area contributed by atoms with Crippen molar-refractivity contribution < 1.29 is 17.9 Å². The lowest BCUT2D eigenvalue weighted by Crippen LogP contribution is -2.32. The number of carbonyl (C=O) groups excluding carboxylic acids is 1. The van der Waals surface area contributed by atoms with Gasteiger partial charge in [-0.3, -0.25) is 9.36 Å². The van der Waals surface area contributed by atoms with Gasteiger partial charge in [-0.15, -0.1) is 0 Å². The molecule has 0 saturated heterocycles. The highest BCUT2D eigenvalue weighted by atomic mass is 32.2. The van der Waals surface area contributed by atoms with E-state index in [1.165, 1.54) is 11.7 Å². The lowest BCUT2D eigenvalue weighted by atomic mass is 10.1. The monoisotopic (exact) mass is 388 g/mol. The van der Waals surface area contributed by atoms with Crippen molar-refractivity contribution in [3.63, 3.8) is 0 Å². The van der Waals surface area contributed by atoms with E-state index < -0.39 is 15.7 Å². The van der Waals surface area contributed by atoms with Crippen molar-refractivity contribution in [1.82, 2.24) is 8.54 Å². The average molecular weight is 388 g/mol. The van der Waals surface area contributed by atoms with Crippen LogP contribution in [0.4, 0.5) is 0 Å². The summed E-state index contributed by atoms with van der Waals surface area (Å²) in [7, 11) is -2.35. The molecule has 27 heavy (non-hydrogen) atoms. The molecular formula is C19H20N2O5S. The molecule has 0 radical (unpaired) electrons. The summed E-state index contributed by atoms with van der Waals surface area (Å²) in [6.45, 7) is 1.45. The molecule has 0 spiro atoms. The van der Waals surface area contributed by atoms with Gasteiger partial charge in [0.05, 0.1) is 36.0 Å². The summed E-state index contributed by atoms with van der Waals surface area (Å²) in [5.41, 5.74) is 0.252. The number of imidazole rings is 1. The number of ketones is 1. The predicted molar refractivity (Wildman–Crippen MR) is 103 cm³/mol. The molecule has 1 heterocycles. The number of para-hydroxylation sites is 3. The van der Waals surface area contributed by atoms with E-state index in [9.17, 15) is 18.0 Å². The second-order valence-electron chi connectivity index (χ2n) is 6.06. The van der Waals surface area contributed by atoms with E-state index in [1.807, 2.05) is 0 Å². The van der Waals surface area contributed by atoms with E-state index in [-0.39, 0.29) is 23.6 Å². The zero-order chi connectivity index (χ0) is 19.6. The summed E-state index contributed by atoms with van der Waals surface area (Å²) in [6.07, 6.45) is 0.383. The molecule has 0 atom stereocenters. The third-order valence-electron chi connectivity index (χ3n) is 4.25. The molecule has 0 amide bonds. The van der Waals surface area contributed by atoms with Crippen LogP contribution in [0.1, 0.15) is 23.7 Å². The number of ether oxygens (including phenoxy) is 1. The molecule has 0 fully saturated rings. The lowest BCUT2D eigenvalue weighted by molar-refractivity contribution is 0.0969. The Morgan fingerprint density at radius 1 is 1.04 bits per heavy atom. The molecule has 3 rings (SSSR count). The van der Waals surface area contributed by atoms with Crippen LogP contribution in [0.15, 0.2) is 53.3 Å². The molecule has 142 valence electrons. The molecule has 0 aliphatic carbocycles. The Hall–Kier alpha value is -2.87. The summed E-state index contributed by atoms with van der Waals surface area (Å²) in [5.74, 6) is -0.0929. The number of hydrogen-bond acceptors (Lipinski definition) is 5. The van der Waals surface area contributed by atoms with Crippen molar-refractivity contribution >= 4 is 26.8 Å². The van der Waals surface area contributed by atoms with Gasteiger partial charge in [-0.2, -0.15) is 3.97 Å². The van der Waals surface area contributed by atoms with Crippen molar-refractivity contribution in [2.75, 3.05) is 12.9 Å².